The van der Waals surface area contributed by atoms with Gasteiger partial charge in [0.2, 0.25) is 0 Å². The van der Waals surface area contributed by atoms with Crippen LogP contribution in [-0.2, 0) is 0 Å². The van der Waals surface area contributed by atoms with Crippen molar-refractivity contribution in [2.45, 2.75) is 26.0 Å². The van der Waals surface area contributed by atoms with Crippen LogP contribution in [0.25, 0.3) is 0 Å². The molecule has 1 aliphatic rings. The number of nitrogens with zero attached hydrogens (tertiary/aromatic N) is 1. The van der Waals surface area contributed by atoms with E-state index < -0.39 is 6.23 Å². The van der Waals surface area contributed by atoms with Crippen molar-refractivity contribution < 1.29 is 5.11 Å². The van der Waals surface area contributed by atoms with E-state index in [2.05, 4.69) is 11.8 Å². The third kappa shape index (κ3) is 2.76. The van der Waals surface area contributed by atoms with Crippen molar-refractivity contribution in [3.8, 4) is 0 Å². The van der Waals surface area contributed by atoms with Crippen molar-refractivity contribution >= 4 is 11.6 Å². The van der Waals surface area contributed by atoms with E-state index in [0.717, 1.165) is 37.4 Å². The second-order valence-corrected chi connectivity index (χ2v) is 5.08. The fourth-order valence-electron chi connectivity index (χ4n) is 2.15. The number of benzene rings is 1. The van der Waals surface area contributed by atoms with Crippen LogP contribution in [0.3, 0.4) is 0 Å². The molecule has 2 rings (SSSR count). The monoisotopic (exact) mass is 239 g/mol. The van der Waals surface area contributed by atoms with Crippen LogP contribution in [0.2, 0.25) is 5.02 Å². The van der Waals surface area contributed by atoms with Gasteiger partial charge in [0.25, 0.3) is 0 Å². The molecule has 1 aromatic carbocycles. The molecule has 2 nitrogen and oxygen atoms in total. The quantitative estimate of drug-likeness (QED) is 0.858. The van der Waals surface area contributed by atoms with Crippen LogP contribution in [0, 0.1) is 5.92 Å². The Hall–Kier alpha value is -0.570. The average Bonchev–Trinajstić information content (AvgIpc) is 2.29. The van der Waals surface area contributed by atoms with E-state index in [0.29, 0.717) is 5.02 Å². The molecule has 1 unspecified atom stereocenters. The SMILES string of the molecule is CC1CCN(C(O)c2cccc(Cl)c2)CC1. The van der Waals surface area contributed by atoms with E-state index in [1.165, 1.54) is 0 Å². The number of aliphatic hydroxyl groups excluding tert-OH is 1. The fourth-order valence-corrected chi connectivity index (χ4v) is 2.35. The third-order valence-corrected chi connectivity index (χ3v) is 3.55. The number of likely N-dealkylation sites (tertiary alicyclic amines) is 1. The smallest absolute Gasteiger partial charge is 0.133 e. The molecule has 16 heavy (non-hydrogen) atoms. The van der Waals surface area contributed by atoms with Gasteiger partial charge in [-0.3, -0.25) is 4.90 Å². The number of hydrogen-bond donors (Lipinski definition) is 1. The number of rotatable bonds is 2. The van der Waals surface area contributed by atoms with E-state index in [9.17, 15) is 5.11 Å². The summed E-state index contributed by atoms with van der Waals surface area (Å²) in [5, 5.41) is 10.9. The van der Waals surface area contributed by atoms with Gasteiger partial charge in [0.05, 0.1) is 0 Å². The molecule has 0 aromatic heterocycles. The Bertz CT molecular complexity index is 348. The fraction of sp³-hybridized carbons (Fsp3) is 0.538. The first kappa shape index (κ1) is 11.9. The second-order valence-electron chi connectivity index (χ2n) is 4.65. The molecular weight excluding hydrogens is 222 g/mol. The molecule has 0 spiro atoms. The molecule has 1 heterocycles. The highest BCUT2D eigenvalue weighted by molar-refractivity contribution is 6.30. The molecule has 88 valence electrons. The third-order valence-electron chi connectivity index (χ3n) is 3.31. The summed E-state index contributed by atoms with van der Waals surface area (Å²) in [6.45, 7) is 4.20. The van der Waals surface area contributed by atoms with Crippen LogP contribution < -0.4 is 0 Å². The van der Waals surface area contributed by atoms with Crippen LogP contribution in [0.4, 0.5) is 0 Å². The van der Waals surface area contributed by atoms with Gasteiger partial charge in [-0.1, -0.05) is 30.7 Å². The van der Waals surface area contributed by atoms with Crippen molar-refractivity contribution in [2.24, 2.45) is 5.92 Å². The molecule has 0 bridgehead atoms. The second kappa shape index (κ2) is 5.17. The molecule has 1 fully saturated rings. The van der Waals surface area contributed by atoms with Gasteiger partial charge in [0, 0.05) is 18.1 Å². The maximum absolute atomic E-state index is 10.2. The average molecular weight is 240 g/mol. The summed E-state index contributed by atoms with van der Waals surface area (Å²) >= 11 is 5.92. The van der Waals surface area contributed by atoms with Crippen molar-refractivity contribution in [3.63, 3.8) is 0 Å². The van der Waals surface area contributed by atoms with Gasteiger partial charge in [-0.2, -0.15) is 0 Å². The summed E-state index contributed by atoms with van der Waals surface area (Å²) in [5.74, 6) is 0.780. The normalized spacial score (nSPS) is 20.9. The lowest BCUT2D eigenvalue weighted by atomic mass is 9.98. The minimum Gasteiger partial charge on any atom is -0.374 e. The summed E-state index contributed by atoms with van der Waals surface area (Å²) in [6, 6.07) is 7.47. The van der Waals surface area contributed by atoms with Crippen LogP contribution in [-0.4, -0.2) is 23.1 Å². The van der Waals surface area contributed by atoms with E-state index in [-0.39, 0.29) is 0 Å². The highest BCUT2D eigenvalue weighted by atomic mass is 35.5. The Labute approximate surface area is 102 Å². The number of piperidine rings is 1. The predicted octanol–water partition coefficient (Wildman–Crippen LogP) is 3.06. The summed E-state index contributed by atoms with van der Waals surface area (Å²) in [7, 11) is 0. The van der Waals surface area contributed by atoms with Gasteiger partial charge in [0.15, 0.2) is 0 Å². The highest BCUT2D eigenvalue weighted by Crippen LogP contribution is 2.25. The molecule has 0 amide bonds. The van der Waals surface area contributed by atoms with Gasteiger partial charge in [0.1, 0.15) is 6.23 Å². The van der Waals surface area contributed by atoms with Crippen LogP contribution in [0.15, 0.2) is 24.3 Å². The first-order chi connectivity index (χ1) is 7.66. The lowest BCUT2D eigenvalue weighted by molar-refractivity contribution is -0.0174. The van der Waals surface area contributed by atoms with Gasteiger partial charge in [-0.25, -0.2) is 0 Å². The minimum atomic E-state index is -0.508. The van der Waals surface area contributed by atoms with Gasteiger partial charge >= 0.3 is 0 Å². The van der Waals surface area contributed by atoms with E-state index >= 15 is 0 Å². The zero-order chi connectivity index (χ0) is 11.5. The summed E-state index contributed by atoms with van der Waals surface area (Å²) in [6.07, 6.45) is 1.82. The maximum Gasteiger partial charge on any atom is 0.133 e. The lowest BCUT2D eigenvalue weighted by Gasteiger charge is -2.34. The van der Waals surface area contributed by atoms with Crippen LogP contribution in [0.5, 0.6) is 0 Å². The van der Waals surface area contributed by atoms with E-state index in [1.54, 1.807) is 0 Å². The first-order valence-corrected chi connectivity index (χ1v) is 6.22. The predicted molar refractivity (Wildman–Crippen MR) is 66.4 cm³/mol. The summed E-state index contributed by atoms with van der Waals surface area (Å²) < 4.78 is 0. The Morgan fingerprint density at radius 3 is 2.69 bits per heavy atom. The number of halogens is 1. The van der Waals surface area contributed by atoms with Crippen molar-refractivity contribution in [1.29, 1.82) is 0 Å². The van der Waals surface area contributed by atoms with Gasteiger partial charge in [-0.05, 0) is 36.5 Å². The van der Waals surface area contributed by atoms with Crippen molar-refractivity contribution in [3.05, 3.63) is 34.9 Å². The lowest BCUT2D eigenvalue weighted by Crippen LogP contribution is -2.36. The molecule has 1 aliphatic heterocycles. The summed E-state index contributed by atoms with van der Waals surface area (Å²) in [5.41, 5.74) is 0.891. The van der Waals surface area contributed by atoms with Gasteiger partial charge in [-0.15, -0.1) is 0 Å². The summed E-state index contributed by atoms with van der Waals surface area (Å²) in [4.78, 5) is 2.12. The van der Waals surface area contributed by atoms with Gasteiger partial charge < -0.3 is 5.11 Å². The molecule has 1 atom stereocenters. The molecule has 1 saturated heterocycles. The van der Waals surface area contributed by atoms with E-state index in [4.69, 9.17) is 11.6 Å². The zero-order valence-corrected chi connectivity index (χ0v) is 10.3. The molecule has 3 heteroatoms. The molecule has 0 radical (unpaired) electrons. The Morgan fingerprint density at radius 1 is 1.38 bits per heavy atom. The Kier molecular flexibility index (Phi) is 3.85. The largest absolute Gasteiger partial charge is 0.374 e. The van der Waals surface area contributed by atoms with Crippen molar-refractivity contribution in [1.82, 2.24) is 4.90 Å². The molecule has 0 aliphatic carbocycles. The maximum atomic E-state index is 10.2. The first-order valence-electron chi connectivity index (χ1n) is 5.84. The molecule has 0 saturated carbocycles. The number of aliphatic hydroxyl groups is 1. The zero-order valence-electron chi connectivity index (χ0n) is 9.56. The molecular formula is C13H18ClNO. The molecule has 1 N–H and O–H groups in total. The van der Waals surface area contributed by atoms with E-state index in [1.807, 2.05) is 24.3 Å². The minimum absolute atomic E-state index is 0.508. The molecule has 1 aromatic rings. The van der Waals surface area contributed by atoms with Crippen LogP contribution in [0.1, 0.15) is 31.6 Å². The Balaban J connectivity index is 2.04. The number of hydrogen-bond acceptors (Lipinski definition) is 2. The van der Waals surface area contributed by atoms with Crippen molar-refractivity contribution in [2.75, 3.05) is 13.1 Å². The van der Waals surface area contributed by atoms with Crippen LogP contribution >= 0.6 is 11.6 Å². The topological polar surface area (TPSA) is 23.5 Å². The standard InChI is InChI=1S/C13H18ClNO/c1-10-5-7-15(8-6-10)13(16)11-3-2-4-12(14)9-11/h2-4,9-10,13,16H,5-8H2,1H3. The highest BCUT2D eigenvalue weighted by Gasteiger charge is 2.22. The Morgan fingerprint density at radius 2 is 2.06 bits per heavy atom.